The van der Waals surface area contributed by atoms with Crippen molar-refractivity contribution in [3.8, 4) is 40.2 Å². The first-order valence-corrected chi connectivity index (χ1v) is 9.91. The Morgan fingerprint density at radius 1 is 0.765 bits per heavy atom. The molecule has 2 aliphatic heterocycles. The molecule has 1 saturated heterocycles. The molecule has 2 heterocycles. The minimum Gasteiger partial charge on any atom is -0.504 e. The second-order valence-electron chi connectivity index (χ2n) is 7.77. The van der Waals surface area contributed by atoms with Gasteiger partial charge < -0.3 is 65.3 Å². The summed E-state index contributed by atoms with van der Waals surface area (Å²) < 4.78 is 16.7. The summed E-state index contributed by atoms with van der Waals surface area (Å²) in [7, 11) is 0. The lowest BCUT2D eigenvalue weighted by Crippen LogP contribution is -2.59. The lowest BCUT2D eigenvalue weighted by molar-refractivity contribution is -0.293. The molecule has 13 heteroatoms. The van der Waals surface area contributed by atoms with Crippen molar-refractivity contribution >= 4 is 6.08 Å². The van der Waals surface area contributed by atoms with Gasteiger partial charge in [-0.15, -0.1) is 0 Å². The number of rotatable bonds is 4. The molecule has 2 aliphatic rings. The maximum Gasteiger partial charge on any atom is 0.228 e. The summed E-state index contributed by atoms with van der Waals surface area (Å²) in [6.07, 6.45) is -8.38. The Morgan fingerprint density at radius 2 is 1.38 bits per heavy atom. The van der Waals surface area contributed by atoms with Crippen LogP contribution in [0.25, 0.3) is 6.08 Å². The van der Waals surface area contributed by atoms with E-state index >= 15 is 0 Å². The molecule has 0 spiro atoms. The highest BCUT2D eigenvalue weighted by Gasteiger charge is 2.46. The molecule has 1 fully saturated rings. The van der Waals surface area contributed by atoms with Gasteiger partial charge in [-0.3, -0.25) is 0 Å². The number of ether oxygens (including phenoxy) is 3. The van der Waals surface area contributed by atoms with Crippen LogP contribution in [0, 0.1) is 0 Å². The van der Waals surface area contributed by atoms with E-state index in [9.17, 15) is 51.1 Å². The average Bonchev–Trinajstić information content (AvgIpc) is 2.81. The summed E-state index contributed by atoms with van der Waals surface area (Å²) in [4.78, 5) is 0. The lowest BCUT2D eigenvalue weighted by Gasteiger charge is -2.41. The molecular formula is C21H22O13. The Labute approximate surface area is 190 Å². The molecule has 6 unspecified atom stereocenters. The number of aliphatic hydroxyl groups is 4. The number of fused-ring (bicyclic) bond motifs is 1. The summed E-state index contributed by atoms with van der Waals surface area (Å²) in [5.74, 6) is -4.98. The van der Waals surface area contributed by atoms with Gasteiger partial charge in [0.25, 0.3) is 0 Å². The summed E-state index contributed by atoms with van der Waals surface area (Å²) in [5.41, 5.74) is -0.153. The van der Waals surface area contributed by atoms with Crippen molar-refractivity contribution in [1.29, 1.82) is 0 Å². The van der Waals surface area contributed by atoms with Crippen LogP contribution in [0.3, 0.4) is 0 Å². The smallest absolute Gasteiger partial charge is 0.228 e. The van der Waals surface area contributed by atoms with E-state index in [-0.39, 0.29) is 22.6 Å². The number of phenols is 6. The van der Waals surface area contributed by atoms with E-state index in [1.165, 1.54) is 0 Å². The van der Waals surface area contributed by atoms with E-state index in [4.69, 9.17) is 14.2 Å². The Bertz CT molecular complexity index is 1110. The molecule has 6 atom stereocenters. The highest BCUT2D eigenvalue weighted by atomic mass is 16.7. The van der Waals surface area contributed by atoms with Crippen LogP contribution >= 0.6 is 0 Å². The van der Waals surface area contributed by atoms with Crippen molar-refractivity contribution in [3.63, 3.8) is 0 Å². The third-order valence-corrected chi connectivity index (χ3v) is 5.54. The molecule has 4 rings (SSSR count). The molecular weight excluding hydrogens is 460 g/mol. The third kappa shape index (κ3) is 3.85. The van der Waals surface area contributed by atoms with Crippen molar-refractivity contribution < 1.29 is 65.3 Å². The van der Waals surface area contributed by atoms with Crippen molar-refractivity contribution in [3.05, 3.63) is 35.1 Å². The van der Waals surface area contributed by atoms with Gasteiger partial charge in [-0.2, -0.15) is 0 Å². The first kappa shape index (κ1) is 23.5. The van der Waals surface area contributed by atoms with E-state index < -0.39 is 77.9 Å². The van der Waals surface area contributed by atoms with Crippen molar-refractivity contribution in [2.24, 2.45) is 0 Å². The van der Waals surface area contributed by atoms with E-state index in [0.717, 1.165) is 24.3 Å². The minimum absolute atomic E-state index is 0.00125. The summed E-state index contributed by atoms with van der Waals surface area (Å²) >= 11 is 0. The highest BCUT2D eigenvalue weighted by molar-refractivity contribution is 5.74. The van der Waals surface area contributed by atoms with E-state index in [0.29, 0.717) is 0 Å². The van der Waals surface area contributed by atoms with E-state index in [1.54, 1.807) is 0 Å². The number of benzene rings is 2. The quantitative estimate of drug-likeness (QED) is 0.241. The largest absolute Gasteiger partial charge is 0.504 e. The molecule has 0 aliphatic carbocycles. The van der Waals surface area contributed by atoms with Crippen LogP contribution in [0.2, 0.25) is 0 Å². The molecule has 2 aromatic carbocycles. The molecule has 184 valence electrons. The van der Waals surface area contributed by atoms with Crippen LogP contribution in [0.1, 0.15) is 17.2 Å². The van der Waals surface area contributed by atoms with Crippen LogP contribution in [0.15, 0.2) is 24.0 Å². The van der Waals surface area contributed by atoms with Crippen LogP contribution in [-0.4, -0.2) is 88.4 Å². The van der Waals surface area contributed by atoms with Crippen LogP contribution < -0.4 is 4.74 Å². The zero-order chi connectivity index (χ0) is 24.9. The molecule has 34 heavy (non-hydrogen) atoms. The standard InChI is InChI=1S/C21H22O13/c22-5-13-17(29)18(30)19(31)21(34-13)33-12-3-7-11(4-10(25)16(28)14(7)26)32-20(12)6-1-8(23)15(27)9(24)2-6/h1-4,13,17-31H,5H2. The Hall–Kier alpha value is -3.62. The number of aromatic hydroxyl groups is 6. The number of aliphatic hydroxyl groups excluding tert-OH is 4. The highest BCUT2D eigenvalue weighted by Crippen LogP contribution is 2.50. The molecule has 10 N–H and O–H groups in total. The van der Waals surface area contributed by atoms with E-state index in [1.807, 2.05) is 0 Å². The fourth-order valence-electron chi connectivity index (χ4n) is 3.68. The van der Waals surface area contributed by atoms with Crippen LogP contribution in [0.5, 0.6) is 40.2 Å². The predicted octanol–water partition coefficient (Wildman–Crippen LogP) is -0.789. The second kappa shape index (κ2) is 8.62. The summed E-state index contributed by atoms with van der Waals surface area (Å²) in [6.45, 7) is -0.722. The molecule has 0 saturated carbocycles. The van der Waals surface area contributed by atoms with Gasteiger partial charge in [-0.25, -0.2) is 0 Å². The van der Waals surface area contributed by atoms with Crippen molar-refractivity contribution in [1.82, 2.24) is 0 Å². The monoisotopic (exact) mass is 482 g/mol. The van der Waals surface area contributed by atoms with Gasteiger partial charge in [0, 0.05) is 11.6 Å². The van der Waals surface area contributed by atoms with Crippen LogP contribution in [0.4, 0.5) is 0 Å². The summed E-state index contributed by atoms with van der Waals surface area (Å²) in [6, 6.07) is 3.03. The molecule has 0 amide bonds. The third-order valence-electron chi connectivity index (χ3n) is 5.54. The molecule has 0 aromatic heterocycles. The topological polar surface area (TPSA) is 230 Å². The van der Waals surface area contributed by atoms with Gasteiger partial charge in [0.2, 0.25) is 12.0 Å². The lowest BCUT2D eigenvalue weighted by atomic mass is 9.98. The van der Waals surface area contributed by atoms with Crippen LogP contribution in [-0.2, 0) is 9.47 Å². The normalized spacial score (nSPS) is 28.5. The first-order chi connectivity index (χ1) is 16.0. The Balaban J connectivity index is 1.79. The fourth-order valence-corrected chi connectivity index (χ4v) is 3.68. The fraction of sp³-hybridized carbons (Fsp3) is 0.333. The second-order valence-corrected chi connectivity index (χ2v) is 7.77. The minimum atomic E-state index is -1.80. The van der Waals surface area contributed by atoms with E-state index in [2.05, 4.69) is 0 Å². The predicted molar refractivity (Wildman–Crippen MR) is 109 cm³/mol. The first-order valence-electron chi connectivity index (χ1n) is 9.91. The van der Waals surface area contributed by atoms with Gasteiger partial charge >= 0.3 is 0 Å². The van der Waals surface area contributed by atoms with Gasteiger partial charge in [0.15, 0.2) is 34.9 Å². The number of hydrogen-bond donors (Lipinski definition) is 10. The maximum absolute atomic E-state index is 10.3. The molecule has 13 nitrogen and oxygen atoms in total. The van der Waals surface area contributed by atoms with Gasteiger partial charge in [-0.05, 0) is 18.2 Å². The number of hydrogen-bond acceptors (Lipinski definition) is 13. The summed E-state index contributed by atoms with van der Waals surface area (Å²) in [5, 5.41) is 99.1. The van der Waals surface area contributed by atoms with Gasteiger partial charge in [-0.1, -0.05) is 0 Å². The number of phenolic OH excluding ortho intramolecular Hbond substituents is 6. The zero-order valence-electron chi connectivity index (χ0n) is 17.2. The molecule has 2 aromatic rings. The molecule has 0 radical (unpaired) electrons. The Kier molecular flexibility index (Phi) is 5.97. The molecule has 0 bridgehead atoms. The SMILES string of the molecule is OCC1OC(OC2=Cc3c(cc(O)c(O)c3O)OC2c2cc(O)c(O)c(O)c2)C(O)C(O)C1O. The van der Waals surface area contributed by atoms with Gasteiger partial charge in [0.05, 0.1) is 12.2 Å². The average molecular weight is 482 g/mol. The van der Waals surface area contributed by atoms with Crippen molar-refractivity contribution in [2.45, 2.75) is 36.8 Å². The Morgan fingerprint density at radius 3 is 2.00 bits per heavy atom. The van der Waals surface area contributed by atoms with Gasteiger partial charge in [0.1, 0.15) is 35.9 Å². The van der Waals surface area contributed by atoms with Crippen molar-refractivity contribution in [2.75, 3.05) is 6.61 Å². The zero-order valence-corrected chi connectivity index (χ0v) is 17.2. The maximum atomic E-state index is 10.3.